The summed E-state index contributed by atoms with van der Waals surface area (Å²) in [5, 5.41) is 7.24. The molecule has 0 aromatic carbocycles. The third-order valence-corrected chi connectivity index (χ3v) is 3.15. The molecule has 90 valence electrons. The fourth-order valence-electron chi connectivity index (χ4n) is 2.17. The smallest absolute Gasteiger partial charge is 0.223 e. The van der Waals surface area contributed by atoms with Gasteiger partial charge in [0.15, 0.2) is 5.82 Å². The highest BCUT2D eigenvalue weighted by Gasteiger charge is 2.18. The van der Waals surface area contributed by atoms with Gasteiger partial charge in [0.25, 0.3) is 0 Å². The van der Waals surface area contributed by atoms with Crippen molar-refractivity contribution in [3.63, 3.8) is 0 Å². The highest BCUT2D eigenvalue weighted by Crippen LogP contribution is 2.13. The lowest BCUT2D eigenvalue weighted by molar-refractivity contribution is 0.181. The number of likely N-dealkylation sites (tertiary alicyclic amines) is 1. The molecule has 0 spiro atoms. The Balaban J connectivity index is 1.71. The molecule has 1 aromatic rings. The third kappa shape index (κ3) is 3.02. The molecule has 2 rings (SSSR count). The molecular formula is C11H20N4O. The van der Waals surface area contributed by atoms with Gasteiger partial charge < -0.3 is 14.7 Å². The first-order valence-corrected chi connectivity index (χ1v) is 5.96. The second-order valence-electron chi connectivity index (χ2n) is 4.49. The molecule has 1 fully saturated rings. The summed E-state index contributed by atoms with van der Waals surface area (Å²) in [6.45, 7) is 4.73. The Labute approximate surface area is 96.2 Å². The number of aromatic nitrogens is 2. The topological polar surface area (TPSA) is 54.2 Å². The summed E-state index contributed by atoms with van der Waals surface area (Å²) in [5.74, 6) is 1.38. The molecule has 1 N–H and O–H groups in total. The molecule has 0 radical (unpaired) electrons. The Hall–Kier alpha value is -0.940. The number of rotatable bonds is 4. The molecule has 0 aliphatic carbocycles. The molecule has 2 heterocycles. The van der Waals surface area contributed by atoms with Crippen LogP contribution < -0.4 is 5.32 Å². The van der Waals surface area contributed by atoms with Crippen molar-refractivity contribution in [2.45, 2.75) is 38.8 Å². The summed E-state index contributed by atoms with van der Waals surface area (Å²) in [5.41, 5.74) is 0. The fraction of sp³-hybridized carbons (Fsp3) is 0.818. The zero-order chi connectivity index (χ0) is 11.4. The SMILES string of the molecule is Cc1nc(CNCC2CCCCN2C)no1. The van der Waals surface area contributed by atoms with Gasteiger partial charge in [-0.2, -0.15) is 4.98 Å². The maximum absolute atomic E-state index is 4.92. The molecular weight excluding hydrogens is 204 g/mol. The molecule has 1 aromatic heterocycles. The summed E-state index contributed by atoms with van der Waals surface area (Å²) >= 11 is 0. The van der Waals surface area contributed by atoms with Gasteiger partial charge in [0, 0.05) is 19.5 Å². The van der Waals surface area contributed by atoms with Crippen LogP contribution in [-0.4, -0.2) is 41.2 Å². The van der Waals surface area contributed by atoms with Crippen molar-refractivity contribution in [1.29, 1.82) is 0 Å². The highest BCUT2D eigenvalue weighted by molar-refractivity contribution is 4.84. The van der Waals surface area contributed by atoms with Crippen molar-refractivity contribution < 1.29 is 4.52 Å². The summed E-state index contributed by atoms with van der Waals surface area (Å²) in [7, 11) is 2.20. The van der Waals surface area contributed by atoms with E-state index in [2.05, 4.69) is 27.4 Å². The molecule has 1 saturated heterocycles. The quantitative estimate of drug-likeness (QED) is 0.825. The van der Waals surface area contributed by atoms with E-state index in [1.807, 2.05) is 6.92 Å². The first kappa shape index (κ1) is 11.5. The van der Waals surface area contributed by atoms with Gasteiger partial charge in [0.1, 0.15) is 0 Å². The monoisotopic (exact) mass is 224 g/mol. The van der Waals surface area contributed by atoms with Crippen molar-refractivity contribution in [3.05, 3.63) is 11.7 Å². The van der Waals surface area contributed by atoms with Crippen molar-refractivity contribution in [3.8, 4) is 0 Å². The number of hydrogen-bond donors (Lipinski definition) is 1. The fourth-order valence-corrected chi connectivity index (χ4v) is 2.17. The number of nitrogens with one attached hydrogen (secondary N) is 1. The van der Waals surface area contributed by atoms with Crippen LogP contribution in [0.1, 0.15) is 31.0 Å². The molecule has 16 heavy (non-hydrogen) atoms. The molecule has 1 atom stereocenters. The molecule has 0 bridgehead atoms. The third-order valence-electron chi connectivity index (χ3n) is 3.15. The predicted octanol–water partition coefficient (Wildman–Crippen LogP) is 0.952. The van der Waals surface area contributed by atoms with Gasteiger partial charge >= 0.3 is 0 Å². The average Bonchev–Trinajstić information content (AvgIpc) is 2.67. The Kier molecular flexibility index (Phi) is 3.90. The number of aryl methyl sites for hydroxylation is 1. The minimum Gasteiger partial charge on any atom is -0.340 e. The van der Waals surface area contributed by atoms with Gasteiger partial charge in [-0.05, 0) is 26.4 Å². The molecule has 0 saturated carbocycles. The van der Waals surface area contributed by atoms with Crippen LogP contribution in [0.4, 0.5) is 0 Å². The van der Waals surface area contributed by atoms with E-state index in [9.17, 15) is 0 Å². The van der Waals surface area contributed by atoms with Crippen LogP contribution >= 0.6 is 0 Å². The number of nitrogens with zero attached hydrogens (tertiary/aromatic N) is 3. The van der Waals surface area contributed by atoms with E-state index in [0.29, 0.717) is 18.5 Å². The molecule has 5 nitrogen and oxygen atoms in total. The van der Waals surface area contributed by atoms with Crippen LogP contribution in [-0.2, 0) is 6.54 Å². The van der Waals surface area contributed by atoms with Crippen LogP contribution in [0.25, 0.3) is 0 Å². The molecule has 0 amide bonds. The Morgan fingerprint density at radius 3 is 3.06 bits per heavy atom. The van der Waals surface area contributed by atoms with E-state index in [1.165, 1.54) is 25.8 Å². The van der Waals surface area contributed by atoms with E-state index < -0.39 is 0 Å². The van der Waals surface area contributed by atoms with Crippen LogP contribution in [0.2, 0.25) is 0 Å². The average molecular weight is 224 g/mol. The standard InChI is InChI=1S/C11H20N4O/c1-9-13-11(14-16-9)8-12-7-10-5-3-4-6-15(10)2/h10,12H,3-8H2,1-2H3. The minimum atomic E-state index is 0.631. The second-order valence-corrected chi connectivity index (χ2v) is 4.49. The van der Waals surface area contributed by atoms with Gasteiger partial charge in [0.05, 0.1) is 6.54 Å². The first-order chi connectivity index (χ1) is 7.75. The molecule has 5 heteroatoms. The Morgan fingerprint density at radius 2 is 2.38 bits per heavy atom. The van der Waals surface area contributed by atoms with Crippen molar-refractivity contribution in [1.82, 2.24) is 20.4 Å². The minimum absolute atomic E-state index is 0.631. The lowest BCUT2D eigenvalue weighted by Crippen LogP contribution is -2.42. The lowest BCUT2D eigenvalue weighted by atomic mass is 10.0. The summed E-state index contributed by atoms with van der Waals surface area (Å²) in [6.07, 6.45) is 3.96. The zero-order valence-electron chi connectivity index (χ0n) is 10.1. The Bertz CT molecular complexity index is 326. The van der Waals surface area contributed by atoms with Gasteiger partial charge in [-0.3, -0.25) is 0 Å². The van der Waals surface area contributed by atoms with E-state index in [4.69, 9.17) is 4.52 Å². The number of piperidine rings is 1. The van der Waals surface area contributed by atoms with E-state index in [1.54, 1.807) is 0 Å². The highest BCUT2D eigenvalue weighted by atomic mass is 16.5. The number of likely N-dealkylation sites (N-methyl/N-ethyl adjacent to an activating group) is 1. The van der Waals surface area contributed by atoms with E-state index in [0.717, 1.165) is 12.4 Å². The van der Waals surface area contributed by atoms with Crippen molar-refractivity contribution in [2.75, 3.05) is 20.1 Å². The largest absolute Gasteiger partial charge is 0.340 e. The summed E-state index contributed by atoms with van der Waals surface area (Å²) in [4.78, 5) is 6.59. The van der Waals surface area contributed by atoms with Gasteiger partial charge in [-0.15, -0.1) is 0 Å². The summed E-state index contributed by atoms with van der Waals surface area (Å²) in [6, 6.07) is 0.654. The molecule has 1 aliphatic heterocycles. The Morgan fingerprint density at radius 1 is 1.50 bits per heavy atom. The first-order valence-electron chi connectivity index (χ1n) is 5.96. The molecule has 1 aliphatic rings. The summed E-state index contributed by atoms with van der Waals surface area (Å²) < 4.78 is 4.92. The van der Waals surface area contributed by atoms with Crippen LogP contribution in [0.5, 0.6) is 0 Å². The van der Waals surface area contributed by atoms with Crippen molar-refractivity contribution >= 4 is 0 Å². The van der Waals surface area contributed by atoms with E-state index in [-0.39, 0.29) is 0 Å². The zero-order valence-corrected chi connectivity index (χ0v) is 10.1. The lowest BCUT2D eigenvalue weighted by Gasteiger charge is -2.32. The van der Waals surface area contributed by atoms with Gasteiger partial charge in [-0.1, -0.05) is 11.6 Å². The second kappa shape index (κ2) is 5.41. The normalized spacial score (nSPS) is 22.5. The van der Waals surface area contributed by atoms with Gasteiger partial charge in [0.2, 0.25) is 5.89 Å². The van der Waals surface area contributed by atoms with Gasteiger partial charge in [-0.25, -0.2) is 0 Å². The van der Waals surface area contributed by atoms with Crippen LogP contribution in [0, 0.1) is 6.92 Å². The molecule has 1 unspecified atom stereocenters. The number of hydrogen-bond acceptors (Lipinski definition) is 5. The maximum Gasteiger partial charge on any atom is 0.223 e. The predicted molar refractivity (Wildman–Crippen MR) is 61.0 cm³/mol. The van der Waals surface area contributed by atoms with Crippen LogP contribution in [0.3, 0.4) is 0 Å². The van der Waals surface area contributed by atoms with Crippen LogP contribution in [0.15, 0.2) is 4.52 Å². The van der Waals surface area contributed by atoms with E-state index >= 15 is 0 Å². The maximum atomic E-state index is 4.92. The van der Waals surface area contributed by atoms with Crippen molar-refractivity contribution in [2.24, 2.45) is 0 Å².